The predicted molar refractivity (Wildman–Crippen MR) is 82.9 cm³/mol. The van der Waals surface area contributed by atoms with Crippen molar-refractivity contribution in [2.24, 2.45) is 5.92 Å². The Kier molecular flexibility index (Phi) is 5.12. The lowest BCUT2D eigenvalue weighted by Crippen LogP contribution is -2.53. The number of aliphatic hydroxyl groups is 1. The molecule has 4 nitrogen and oxygen atoms in total. The highest BCUT2D eigenvalue weighted by Gasteiger charge is 2.36. The van der Waals surface area contributed by atoms with Crippen molar-refractivity contribution in [1.82, 2.24) is 5.32 Å². The fraction of sp³-hybridized carbons (Fsp3) is 0.562. The molecule has 116 valence electrons. The number of nitrogens with one attached hydrogen (secondary N) is 1. The van der Waals surface area contributed by atoms with Crippen LogP contribution in [0.25, 0.3) is 0 Å². The van der Waals surface area contributed by atoms with Crippen molar-refractivity contribution in [2.75, 3.05) is 13.7 Å². The van der Waals surface area contributed by atoms with Crippen LogP contribution in [0.2, 0.25) is 5.02 Å². The van der Waals surface area contributed by atoms with E-state index in [4.69, 9.17) is 16.3 Å². The number of amides is 1. The van der Waals surface area contributed by atoms with E-state index in [0.29, 0.717) is 22.3 Å². The Hall–Kier alpha value is -1.26. The minimum absolute atomic E-state index is 0.0496. The third-order valence-electron chi connectivity index (χ3n) is 4.18. The zero-order chi connectivity index (χ0) is 15.5. The average Bonchev–Trinajstić information content (AvgIpc) is 2.47. The Morgan fingerprint density at radius 2 is 2.33 bits per heavy atom. The summed E-state index contributed by atoms with van der Waals surface area (Å²) in [4.78, 5) is 12.6. The van der Waals surface area contributed by atoms with Gasteiger partial charge < -0.3 is 15.2 Å². The van der Waals surface area contributed by atoms with Crippen LogP contribution in [-0.4, -0.2) is 30.3 Å². The van der Waals surface area contributed by atoms with Gasteiger partial charge in [-0.25, -0.2) is 0 Å². The molecule has 2 atom stereocenters. The average molecular weight is 312 g/mol. The van der Waals surface area contributed by atoms with E-state index in [1.165, 1.54) is 7.11 Å². The van der Waals surface area contributed by atoms with E-state index >= 15 is 0 Å². The first kappa shape index (κ1) is 16.1. The van der Waals surface area contributed by atoms with E-state index in [2.05, 4.69) is 12.2 Å². The van der Waals surface area contributed by atoms with Gasteiger partial charge >= 0.3 is 0 Å². The van der Waals surface area contributed by atoms with Crippen molar-refractivity contribution in [3.63, 3.8) is 0 Å². The van der Waals surface area contributed by atoms with Gasteiger partial charge in [0.15, 0.2) is 0 Å². The summed E-state index contributed by atoms with van der Waals surface area (Å²) in [6, 6.07) is 4.95. The molecule has 0 heterocycles. The van der Waals surface area contributed by atoms with E-state index in [9.17, 15) is 9.90 Å². The van der Waals surface area contributed by atoms with Gasteiger partial charge in [-0.15, -0.1) is 0 Å². The second kappa shape index (κ2) is 6.67. The largest absolute Gasteiger partial charge is 0.496 e. The molecule has 1 aliphatic carbocycles. The molecule has 1 amide bonds. The molecular formula is C16H22ClNO3. The van der Waals surface area contributed by atoms with Crippen LogP contribution >= 0.6 is 11.6 Å². The highest BCUT2D eigenvalue weighted by molar-refractivity contribution is 6.31. The van der Waals surface area contributed by atoms with Crippen LogP contribution in [0.1, 0.15) is 43.0 Å². The molecule has 1 fully saturated rings. The summed E-state index contributed by atoms with van der Waals surface area (Å²) >= 11 is 5.97. The molecule has 0 saturated heterocycles. The summed E-state index contributed by atoms with van der Waals surface area (Å²) in [5.41, 5.74) is -0.140. The fourth-order valence-corrected chi connectivity index (χ4v) is 3.29. The molecule has 0 spiro atoms. The SMILES string of the molecule is COc1ccc(Cl)cc1C(=O)NC1(CO)CCCC(C)C1. The van der Waals surface area contributed by atoms with Crippen molar-refractivity contribution < 1.29 is 14.6 Å². The number of hydrogen-bond donors (Lipinski definition) is 2. The Balaban J connectivity index is 2.22. The summed E-state index contributed by atoms with van der Waals surface area (Å²) in [6.07, 6.45) is 3.73. The first-order valence-electron chi connectivity index (χ1n) is 7.26. The summed E-state index contributed by atoms with van der Waals surface area (Å²) in [6.45, 7) is 2.10. The standard InChI is InChI=1S/C16H22ClNO3/c1-11-4-3-7-16(9-11,10-19)18-15(20)13-8-12(17)5-6-14(13)21-2/h5-6,8,11,19H,3-4,7,9-10H2,1-2H3,(H,18,20). The number of carbonyl (C=O) groups excluding carboxylic acids is 1. The normalized spacial score (nSPS) is 25.4. The summed E-state index contributed by atoms with van der Waals surface area (Å²) in [5.74, 6) is 0.721. The molecule has 5 heteroatoms. The number of hydrogen-bond acceptors (Lipinski definition) is 3. The van der Waals surface area contributed by atoms with Crippen molar-refractivity contribution in [2.45, 2.75) is 38.1 Å². The molecule has 2 rings (SSSR count). The van der Waals surface area contributed by atoms with Gasteiger partial charge in [0.1, 0.15) is 5.75 Å². The summed E-state index contributed by atoms with van der Waals surface area (Å²) < 4.78 is 5.22. The fourth-order valence-electron chi connectivity index (χ4n) is 3.12. The van der Waals surface area contributed by atoms with Gasteiger partial charge in [-0.2, -0.15) is 0 Å². The molecule has 2 unspecified atom stereocenters. The molecule has 1 aliphatic rings. The molecule has 1 aromatic rings. The highest BCUT2D eigenvalue weighted by Crippen LogP contribution is 2.33. The van der Waals surface area contributed by atoms with Gasteiger partial charge in [-0.1, -0.05) is 31.4 Å². The first-order chi connectivity index (χ1) is 9.99. The van der Waals surface area contributed by atoms with Crippen molar-refractivity contribution >= 4 is 17.5 Å². The zero-order valence-electron chi connectivity index (χ0n) is 12.5. The van der Waals surface area contributed by atoms with E-state index in [1.54, 1.807) is 18.2 Å². The Bertz CT molecular complexity index is 520. The van der Waals surface area contributed by atoms with E-state index in [0.717, 1.165) is 25.7 Å². The topological polar surface area (TPSA) is 58.6 Å². The Labute approximate surface area is 130 Å². The molecule has 0 radical (unpaired) electrons. The maximum Gasteiger partial charge on any atom is 0.255 e. The highest BCUT2D eigenvalue weighted by atomic mass is 35.5. The first-order valence-corrected chi connectivity index (χ1v) is 7.64. The molecule has 2 N–H and O–H groups in total. The lowest BCUT2D eigenvalue weighted by Gasteiger charge is -2.39. The number of carbonyl (C=O) groups is 1. The monoisotopic (exact) mass is 311 g/mol. The number of benzene rings is 1. The minimum Gasteiger partial charge on any atom is -0.496 e. The number of methoxy groups -OCH3 is 1. The van der Waals surface area contributed by atoms with Crippen LogP contribution in [0.3, 0.4) is 0 Å². The van der Waals surface area contributed by atoms with Crippen molar-refractivity contribution in [1.29, 1.82) is 0 Å². The van der Waals surface area contributed by atoms with Gasteiger partial charge in [0.05, 0.1) is 24.8 Å². The number of aliphatic hydroxyl groups excluding tert-OH is 1. The second-order valence-electron chi connectivity index (χ2n) is 5.94. The number of rotatable bonds is 4. The zero-order valence-corrected chi connectivity index (χ0v) is 13.2. The van der Waals surface area contributed by atoms with Gasteiger partial charge in [-0.3, -0.25) is 4.79 Å². The number of halogens is 1. The van der Waals surface area contributed by atoms with Crippen LogP contribution in [-0.2, 0) is 0 Å². The number of ether oxygens (including phenoxy) is 1. The van der Waals surface area contributed by atoms with Gasteiger partial charge in [0.2, 0.25) is 0 Å². The molecule has 1 saturated carbocycles. The van der Waals surface area contributed by atoms with Crippen LogP contribution in [0.4, 0.5) is 0 Å². The van der Waals surface area contributed by atoms with Gasteiger partial charge in [0.25, 0.3) is 5.91 Å². The van der Waals surface area contributed by atoms with E-state index in [-0.39, 0.29) is 12.5 Å². The van der Waals surface area contributed by atoms with Gasteiger partial charge in [-0.05, 0) is 37.0 Å². The van der Waals surface area contributed by atoms with E-state index in [1.807, 2.05) is 0 Å². The predicted octanol–water partition coefficient (Wildman–Crippen LogP) is 3.02. The molecule has 0 bridgehead atoms. The lowest BCUT2D eigenvalue weighted by atomic mass is 9.76. The second-order valence-corrected chi connectivity index (χ2v) is 6.38. The van der Waals surface area contributed by atoms with E-state index < -0.39 is 5.54 Å². The maximum atomic E-state index is 12.6. The summed E-state index contributed by atoms with van der Waals surface area (Å²) in [5, 5.41) is 13.2. The molecule has 1 aromatic carbocycles. The lowest BCUT2D eigenvalue weighted by molar-refractivity contribution is 0.0694. The third kappa shape index (κ3) is 3.69. The van der Waals surface area contributed by atoms with Crippen LogP contribution in [0.15, 0.2) is 18.2 Å². The minimum atomic E-state index is -0.540. The van der Waals surface area contributed by atoms with Gasteiger partial charge in [0, 0.05) is 5.02 Å². The van der Waals surface area contributed by atoms with Crippen LogP contribution in [0, 0.1) is 5.92 Å². The summed E-state index contributed by atoms with van der Waals surface area (Å²) in [7, 11) is 1.52. The molecular weight excluding hydrogens is 290 g/mol. The van der Waals surface area contributed by atoms with Crippen molar-refractivity contribution in [3.8, 4) is 5.75 Å². The van der Waals surface area contributed by atoms with Crippen LogP contribution < -0.4 is 10.1 Å². The maximum absolute atomic E-state index is 12.6. The Morgan fingerprint density at radius 3 is 2.95 bits per heavy atom. The quantitative estimate of drug-likeness (QED) is 0.898. The van der Waals surface area contributed by atoms with Crippen LogP contribution in [0.5, 0.6) is 5.75 Å². The smallest absolute Gasteiger partial charge is 0.255 e. The molecule has 21 heavy (non-hydrogen) atoms. The molecule has 0 aromatic heterocycles. The van der Waals surface area contributed by atoms with Crippen molar-refractivity contribution in [3.05, 3.63) is 28.8 Å². The molecule has 0 aliphatic heterocycles. The third-order valence-corrected chi connectivity index (χ3v) is 4.41. The Morgan fingerprint density at radius 1 is 1.57 bits per heavy atom.